The Morgan fingerprint density at radius 2 is 2.33 bits per heavy atom. The minimum absolute atomic E-state index is 0.243. The molecular formula is C12H15N3O2S. The third-order valence-electron chi connectivity index (χ3n) is 2.89. The number of carboxylic acid groups (broad SMARTS) is 1. The number of hydrogen-bond donors (Lipinski definition) is 1. The molecule has 0 saturated carbocycles. The van der Waals surface area contributed by atoms with Gasteiger partial charge in [0.05, 0.1) is 17.1 Å². The van der Waals surface area contributed by atoms with Crippen molar-refractivity contribution in [3.8, 4) is 0 Å². The molecule has 0 fully saturated rings. The van der Waals surface area contributed by atoms with E-state index in [1.165, 1.54) is 0 Å². The van der Waals surface area contributed by atoms with E-state index >= 15 is 0 Å². The molecule has 0 radical (unpaired) electrons. The van der Waals surface area contributed by atoms with Crippen molar-refractivity contribution in [3.63, 3.8) is 0 Å². The second-order valence-electron chi connectivity index (χ2n) is 4.06. The highest BCUT2D eigenvalue weighted by molar-refractivity contribution is 7.98. The van der Waals surface area contributed by atoms with Gasteiger partial charge in [-0.05, 0) is 30.9 Å². The normalized spacial score (nSPS) is 12.8. The average molecular weight is 265 g/mol. The summed E-state index contributed by atoms with van der Waals surface area (Å²) in [5.41, 5.74) is 1.77. The van der Waals surface area contributed by atoms with Gasteiger partial charge in [0.2, 0.25) is 0 Å². The first-order valence-electron chi connectivity index (χ1n) is 5.74. The molecule has 0 bridgehead atoms. The predicted molar refractivity (Wildman–Crippen MR) is 72.2 cm³/mol. The molecule has 0 spiro atoms. The fourth-order valence-corrected chi connectivity index (χ4v) is 2.66. The summed E-state index contributed by atoms with van der Waals surface area (Å²) < 4.78 is 1.89. The summed E-state index contributed by atoms with van der Waals surface area (Å²) in [5.74, 6) is 0.0259. The molecule has 0 aliphatic heterocycles. The second-order valence-corrected chi connectivity index (χ2v) is 4.97. The Balaban J connectivity index is 2.45. The molecule has 18 heavy (non-hydrogen) atoms. The molecular weight excluding hydrogens is 250 g/mol. The number of fused-ring (bicyclic) bond motifs is 1. The summed E-state index contributed by atoms with van der Waals surface area (Å²) in [5, 5.41) is 17.1. The largest absolute Gasteiger partial charge is 0.478 e. The Morgan fingerprint density at radius 3 is 2.94 bits per heavy atom. The highest BCUT2D eigenvalue weighted by Gasteiger charge is 2.14. The summed E-state index contributed by atoms with van der Waals surface area (Å²) in [7, 11) is 0. The van der Waals surface area contributed by atoms with Crippen molar-refractivity contribution in [2.24, 2.45) is 0 Å². The molecule has 6 heteroatoms. The first-order chi connectivity index (χ1) is 8.67. The van der Waals surface area contributed by atoms with Crippen molar-refractivity contribution in [1.29, 1.82) is 0 Å². The lowest BCUT2D eigenvalue weighted by atomic mass is 10.2. The first kappa shape index (κ1) is 12.9. The fraction of sp³-hybridized carbons (Fsp3) is 0.417. The fourth-order valence-electron chi connectivity index (χ4n) is 1.90. The quantitative estimate of drug-likeness (QED) is 0.899. The molecule has 1 heterocycles. The minimum atomic E-state index is -0.942. The van der Waals surface area contributed by atoms with E-state index < -0.39 is 5.97 Å². The van der Waals surface area contributed by atoms with E-state index in [1.54, 1.807) is 30.0 Å². The number of rotatable bonds is 5. The van der Waals surface area contributed by atoms with Crippen molar-refractivity contribution >= 4 is 28.8 Å². The standard InChI is InChI=1S/C12H15N3O2S/c1-3-9(7-18-2)15-11-5-4-8(12(16)17)6-10(11)13-14-15/h4-6,9H,3,7H2,1-2H3,(H,16,17). The second kappa shape index (κ2) is 5.39. The lowest BCUT2D eigenvalue weighted by Crippen LogP contribution is -2.12. The molecule has 2 aromatic rings. The Labute approximate surface area is 109 Å². The number of nitrogens with zero attached hydrogens (tertiary/aromatic N) is 3. The predicted octanol–water partition coefficient (Wildman–Crippen LogP) is 2.44. The molecule has 1 aromatic carbocycles. The van der Waals surface area contributed by atoms with Crippen LogP contribution in [0.2, 0.25) is 0 Å². The number of aromatic carboxylic acids is 1. The van der Waals surface area contributed by atoms with E-state index in [0.717, 1.165) is 17.7 Å². The lowest BCUT2D eigenvalue weighted by molar-refractivity contribution is 0.0697. The van der Waals surface area contributed by atoms with Crippen LogP contribution >= 0.6 is 11.8 Å². The zero-order valence-electron chi connectivity index (χ0n) is 10.3. The average Bonchev–Trinajstić information content (AvgIpc) is 2.78. The molecule has 1 atom stereocenters. The van der Waals surface area contributed by atoms with Gasteiger partial charge in [-0.3, -0.25) is 0 Å². The number of thioether (sulfide) groups is 1. The highest BCUT2D eigenvalue weighted by Crippen LogP contribution is 2.21. The summed E-state index contributed by atoms with van der Waals surface area (Å²) >= 11 is 1.77. The maximum absolute atomic E-state index is 10.9. The van der Waals surface area contributed by atoms with E-state index in [4.69, 9.17) is 5.11 Å². The summed E-state index contributed by atoms with van der Waals surface area (Å²) in [4.78, 5) is 10.9. The van der Waals surface area contributed by atoms with Gasteiger partial charge in [0.25, 0.3) is 0 Å². The molecule has 0 amide bonds. The molecule has 0 aliphatic carbocycles. The maximum atomic E-state index is 10.9. The van der Waals surface area contributed by atoms with Crippen LogP contribution in [0.15, 0.2) is 18.2 Å². The van der Waals surface area contributed by atoms with Gasteiger partial charge in [-0.15, -0.1) is 5.10 Å². The molecule has 0 saturated heterocycles. The smallest absolute Gasteiger partial charge is 0.335 e. The molecule has 1 aromatic heterocycles. The van der Waals surface area contributed by atoms with Crippen molar-refractivity contribution in [2.45, 2.75) is 19.4 Å². The van der Waals surface area contributed by atoms with Crippen molar-refractivity contribution in [2.75, 3.05) is 12.0 Å². The van der Waals surface area contributed by atoms with Crippen LogP contribution in [0.5, 0.6) is 0 Å². The molecule has 1 unspecified atom stereocenters. The lowest BCUT2D eigenvalue weighted by Gasteiger charge is -2.14. The molecule has 5 nitrogen and oxygen atoms in total. The van der Waals surface area contributed by atoms with Crippen LogP contribution in [0.4, 0.5) is 0 Å². The van der Waals surface area contributed by atoms with Crippen LogP contribution in [-0.4, -0.2) is 38.1 Å². The van der Waals surface area contributed by atoms with E-state index in [2.05, 4.69) is 23.5 Å². The van der Waals surface area contributed by atoms with Gasteiger partial charge in [-0.2, -0.15) is 11.8 Å². The molecule has 2 rings (SSSR count). The highest BCUT2D eigenvalue weighted by atomic mass is 32.2. The molecule has 1 N–H and O–H groups in total. The third-order valence-corrected chi connectivity index (χ3v) is 3.61. The van der Waals surface area contributed by atoms with E-state index in [9.17, 15) is 4.79 Å². The number of carbonyl (C=O) groups is 1. The van der Waals surface area contributed by atoms with E-state index in [-0.39, 0.29) is 5.56 Å². The van der Waals surface area contributed by atoms with E-state index in [0.29, 0.717) is 11.6 Å². The zero-order valence-corrected chi connectivity index (χ0v) is 11.1. The number of aromatic nitrogens is 3. The summed E-state index contributed by atoms with van der Waals surface area (Å²) in [6.45, 7) is 2.11. The van der Waals surface area contributed by atoms with Crippen LogP contribution in [0.3, 0.4) is 0 Å². The zero-order chi connectivity index (χ0) is 13.1. The van der Waals surface area contributed by atoms with Gasteiger partial charge in [-0.1, -0.05) is 12.1 Å². The summed E-state index contributed by atoms with van der Waals surface area (Å²) in [6, 6.07) is 5.23. The Hall–Kier alpha value is -1.56. The van der Waals surface area contributed by atoms with Gasteiger partial charge in [-0.25, -0.2) is 9.48 Å². The SMILES string of the molecule is CCC(CSC)n1nnc2cc(C(=O)O)ccc21. The van der Waals surface area contributed by atoms with Crippen LogP contribution < -0.4 is 0 Å². The number of hydrogen-bond acceptors (Lipinski definition) is 4. The van der Waals surface area contributed by atoms with E-state index in [1.807, 2.05) is 4.68 Å². The van der Waals surface area contributed by atoms with Crippen molar-refractivity contribution in [3.05, 3.63) is 23.8 Å². The van der Waals surface area contributed by atoms with Gasteiger partial charge in [0, 0.05) is 5.75 Å². The van der Waals surface area contributed by atoms with Gasteiger partial charge < -0.3 is 5.11 Å². The topological polar surface area (TPSA) is 68.0 Å². The van der Waals surface area contributed by atoms with Gasteiger partial charge >= 0.3 is 5.97 Å². The maximum Gasteiger partial charge on any atom is 0.335 e. The Bertz CT molecular complexity index is 567. The molecule has 96 valence electrons. The third kappa shape index (κ3) is 2.33. The Morgan fingerprint density at radius 1 is 1.56 bits per heavy atom. The van der Waals surface area contributed by atoms with Crippen LogP contribution in [-0.2, 0) is 0 Å². The summed E-state index contributed by atoms with van der Waals surface area (Å²) in [6.07, 6.45) is 3.03. The van der Waals surface area contributed by atoms with Crippen molar-refractivity contribution < 1.29 is 9.90 Å². The minimum Gasteiger partial charge on any atom is -0.478 e. The van der Waals surface area contributed by atoms with Crippen LogP contribution in [0.1, 0.15) is 29.7 Å². The number of carboxylic acids is 1. The Kier molecular flexibility index (Phi) is 3.86. The molecule has 0 aliphatic rings. The monoisotopic (exact) mass is 265 g/mol. The van der Waals surface area contributed by atoms with Gasteiger partial charge in [0.15, 0.2) is 0 Å². The van der Waals surface area contributed by atoms with Gasteiger partial charge in [0.1, 0.15) is 5.52 Å². The number of benzene rings is 1. The first-order valence-corrected chi connectivity index (χ1v) is 7.14. The van der Waals surface area contributed by atoms with Crippen LogP contribution in [0.25, 0.3) is 11.0 Å². The van der Waals surface area contributed by atoms with Crippen molar-refractivity contribution in [1.82, 2.24) is 15.0 Å². The van der Waals surface area contributed by atoms with Crippen LogP contribution in [0, 0.1) is 0 Å².